The number of hydrogen-bond acceptors (Lipinski definition) is 1. The van der Waals surface area contributed by atoms with E-state index in [0.29, 0.717) is 6.42 Å². The molecule has 0 radical (unpaired) electrons. The molecule has 4 nitrogen and oxygen atoms in total. The fraction of sp³-hybridized carbons (Fsp3) is 0.875. The molecule has 20 heavy (non-hydrogen) atoms. The number of nitrogens with zero attached hydrogens (tertiary/aromatic N) is 1. The highest BCUT2D eigenvalue weighted by Crippen LogP contribution is 2.13. The Morgan fingerprint density at radius 3 is 1.75 bits per heavy atom. The Bertz CT molecular complexity index is 271. The molecule has 0 atom stereocenters. The third-order valence-corrected chi connectivity index (χ3v) is 3.43. The summed E-state index contributed by atoms with van der Waals surface area (Å²) in [4.78, 5) is 14.7. The molecular formula is C16H33N3O. The van der Waals surface area contributed by atoms with Gasteiger partial charge in [0.15, 0.2) is 5.96 Å². The summed E-state index contributed by atoms with van der Waals surface area (Å²) < 4.78 is 0. The first-order chi connectivity index (χ1) is 9.52. The minimum absolute atomic E-state index is 0.132. The zero-order valence-corrected chi connectivity index (χ0v) is 13.4. The van der Waals surface area contributed by atoms with Crippen molar-refractivity contribution >= 4 is 11.9 Å². The van der Waals surface area contributed by atoms with Crippen LogP contribution in [0.15, 0.2) is 4.99 Å². The monoisotopic (exact) mass is 283 g/mol. The molecule has 0 aromatic carbocycles. The van der Waals surface area contributed by atoms with Crippen molar-refractivity contribution in [2.24, 2.45) is 22.4 Å². The van der Waals surface area contributed by atoms with Crippen LogP contribution in [-0.4, -0.2) is 11.9 Å². The third kappa shape index (κ3) is 15.0. The minimum Gasteiger partial charge on any atom is -0.370 e. The van der Waals surface area contributed by atoms with Crippen molar-refractivity contribution in [1.82, 2.24) is 0 Å². The molecule has 118 valence electrons. The predicted octanol–water partition coefficient (Wildman–Crippen LogP) is 3.73. The maximum Gasteiger partial charge on any atom is 0.248 e. The van der Waals surface area contributed by atoms with Crippen LogP contribution >= 0.6 is 0 Å². The normalized spacial score (nSPS) is 10.8. The molecule has 0 rings (SSSR count). The van der Waals surface area contributed by atoms with Crippen LogP contribution in [0.1, 0.15) is 84.5 Å². The number of hydrogen-bond donors (Lipinski definition) is 2. The summed E-state index contributed by atoms with van der Waals surface area (Å²) in [5, 5.41) is 0. The van der Waals surface area contributed by atoms with Crippen LogP contribution in [-0.2, 0) is 4.79 Å². The van der Waals surface area contributed by atoms with Gasteiger partial charge in [-0.15, -0.1) is 0 Å². The number of carbonyl (C=O) groups excluding carboxylic acids is 1. The zero-order valence-electron chi connectivity index (χ0n) is 13.4. The van der Waals surface area contributed by atoms with Gasteiger partial charge in [-0.2, -0.15) is 4.99 Å². The smallest absolute Gasteiger partial charge is 0.248 e. The first kappa shape index (κ1) is 18.9. The van der Waals surface area contributed by atoms with Gasteiger partial charge in [-0.3, -0.25) is 4.79 Å². The molecule has 4 heteroatoms. The Labute approximate surface area is 124 Å². The van der Waals surface area contributed by atoms with E-state index in [1.54, 1.807) is 0 Å². The van der Waals surface area contributed by atoms with Gasteiger partial charge in [0.25, 0.3) is 0 Å². The quantitative estimate of drug-likeness (QED) is 0.325. The van der Waals surface area contributed by atoms with Crippen molar-refractivity contribution in [2.75, 3.05) is 0 Å². The number of guanidine groups is 1. The fourth-order valence-corrected chi connectivity index (χ4v) is 2.27. The highest BCUT2D eigenvalue weighted by Gasteiger charge is 1.99. The van der Waals surface area contributed by atoms with Crippen LogP contribution < -0.4 is 11.5 Å². The average molecular weight is 283 g/mol. The molecule has 0 aliphatic rings. The molecule has 4 N–H and O–H groups in total. The molecular weight excluding hydrogens is 250 g/mol. The van der Waals surface area contributed by atoms with E-state index >= 15 is 0 Å². The zero-order chi connectivity index (χ0) is 15.2. The van der Waals surface area contributed by atoms with E-state index in [1.807, 2.05) is 0 Å². The standard InChI is InChI=1S/C16H33N3O/c1-14(2)12-10-8-6-4-3-5-7-9-11-13-15(20)19-16(17)18/h14H,3-13H2,1-2H3,(H4,17,18,19,20). The molecule has 0 heterocycles. The number of carbonyl (C=O) groups is 1. The molecule has 0 aromatic rings. The van der Waals surface area contributed by atoms with Gasteiger partial charge >= 0.3 is 0 Å². The highest BCUT2D eigenvalue weighted by molar-refractivity contribution is 5.91. The van der Waals surface area contributed by atoms with Gasteiger partial charge in [0, 0.05) is 6.42 Å². The Balaban J connectivity index is 3.17. The molecule has 0 aliphatic carbocycles. The van der Waals surface area contributed by atoms with E-state index in [1.165, 1.54) is 51.4 Å². The lowest BCUT2D eigenvalue weighted by Gasteiger charge is -2.04. The van der Waals surface area contributed by atoms with Crippen LogP contribution in [0.2, 0.25) is 0 Å². The summed E-state index contributed by atoms with van der Waals surface area (Å²) in [5.41, 5.74) is 10.3. The van der Waals surface area contributed by atoms with Crippen molar-refractivity contribution in [2.45, 2.75) is 84.5 Å². The second-order valence-electron chi connectivity index (χ2n) is 6.04. The van der Waals surface area contributed by atoms with Crippen molar-refractivity contribution in [3.05, 3.63) is 0 Å². The molecule has 1 amide bonds. The van der Waals surface area contributed by atoms with Crippen molar-refractivity contribution in [3.8, 4) is 0 Å². The predicted molar refractivity (Wildman–Crippen MR) is 86.4 cm³/mol. The van der Waals surface area contributed by atoms with Gasteiger partial charge < -0.3 is 11.5 Å². The second kappa shape index (κ2) is 12.9. The number of amides is 1. The van der Waals surface area contributed by atoms with Crippen LogP contribution in [0, 0.1) is 5.92 Å². The van der Waals surface area contributed by atoms with Crippen LogP contribution in [0.4, 0.5) is 0 Å². The first-order valence-corrected chi connectivity index (χ1v) is 8.15. The van der Waals surface area contributed by atoms with E-state index in [2.05, 4.69) is 18.8 Å². The van der Waals surface area contributed by atoms with E-state index in [4.69, 9.17) is 11.5 Å². The summed E-state index contributed by atoms with van der Waals surface area (Å²) in [6.07, 6.45) is 13.1. The van der Waals surface area contributed by atoms with Gasteiger partial charge in [-0.05, 0) is 12.3 Å². The van der Waals surface area contributed by atoms with Gasteiger partial charge in [-0.1, -0.05) is 71.6 Å². The van der Waals surface area contributed by atoms with Gasteiger partial charge in [0.1, 0.15) is 0 Å². The summed E-state index contributed by atoms with van der Waals surface area (Å²) in [5.74, 6) is 0.513. The lowest BCUT2D eigenvalue weighted by atomic mass is 10.0. The molecule has 0 saturated heterocycles. The Kier molecular flexibility index (Phi) is 12.3. The molecule has 0 spiro atoms. The summed E-state index contributed by atoms with van der Waals surface area (Å²) in [6, 6.07) is 0. The maximum atomic E-state index is 11.2. The van der Waals surface area contributed by atoms with Crippen LogP contribution in [0.25, 0.3) is 0 Å². The van der Waals surface area contributed by atoms with Crippen molar-refractivity contribution < 1.29 is 4.79 Å². The Hall–Kier alpha value is -1.06. The molecule has 0 saturated carbocycles. The Morgan fingerprint density at radius 2 is 1.30 bits per heavy atom. The maximum absolute atomic E-state index is 11.2. The van der Waals surface area contributed by atoms with Gasteiger partial charge in [-0.25, -0.2) is 0 Å². The van der Waals surface area contributed by atoms with Crippen LogP contribution in [0.3, 0.4) is 0 Å². The number of aliphatic imine (C=N–C) groups is 1. The van der Waals surface area contributed by atoms with Gasteiger partial charge in [0.2, 0.25) is 5.91 Å². The SMILES string of the molecule is CC(C)CCCCCCCCCCCC(=O)N=C(N)N. The molecule has 0 aromatic heterocycles. The fourth-order valence-electron chi connectivity index (χ4n) is 2.27. The number of unbranched alkanes of at least 4 members (excludes halogenated alkanes) is 8. The van der Waals surface area contributed by atoms with E-state index in [0.717, 1.165) is 18.8 Å². The average Bonchev–Trinajstić information content (AvgIpc) is 2.34. The van der Waals surface area contributed by atoms with Crippen molar-refractivity contribution in [3.63, 3.8) is 0 Å². The lowest BCUT2D eigenvalue weighted by molar-refractivity contribution is -0.117. The summed E-state index contributed by atoms with van der Waals surface area (Å²) in [6.45, 7) is 4.58. The number of nitrogens with two attached hydrogens (primary N) is 2. The van der Waals surface area contributed by atoms with Gasteiger partial charge in [0.05, 0.1) is 0 Å². The molecule has 0 fully saturated rings. The number of rotatable bonds is 12. The van der Waals surface area contributed by atoms with E-state index in [-0.39, 0.29) is 11.9 Å². The largest absolute Gasteiger partial charge is 0.370 e. The Morgan fingerprint density at radius 1 is 0.850 bits per heavy atom. The minimum atomic E-state index is -0.199. The first-order valence-electron chi connectivity index (χ1n) is 8.15. The summed E-state index contributed by atoms with van der Waals surface area (Å²) >= 11 is 0. The van der Waals surface area contributed by atoms with Crippen molar-refractivity contribution in [1.29, 1.82) is 0 Å². The highest BCUT2D eigenvalue weighted by atomic mass is 16.1. The lowest BCUT2D eigenvalue weighted by Crippen LogP contribution is -2.24. The molecule has 0 aliphatic heterocycles. The molecule has 0 unspecified atom stereocenters. The van der Waals surface area contributed by atoms with E-state index < -0.39 is 0 Å². The van der Waals surface area contributed by atoms with E-state index in [9.17, 15) is 4.79 Å². The molecule has 0 bridgehead atoms. The van der Waals surface area contributed by atoms with Crippen LogP contribution in [0.5, 0.6) is 0 Å². The summed E-state index contributed by atoms with van der Waals surface area (Å²) in [7, 11) is 0. The topological polar surface area (TPSA) is 81.5 Å². The third-order valence-electron chi connectivity index (χ3n) is 3.43. The second-order valence-corrected chi connectivity index (χ2v) is 6.04.